The predicted octanol–water partition coefficient (Wildman–Crippen LogP) is 0.862. The summed E-state index contributed by atoms with van der Waals surface area (Å²) in [6.07, 6.45) is 8.64. The maximum Gasteiger partial charge on any atom is 0.237 e. The Morgan fingerprint density at radius 2 is 1.92 bits per heavy atom. The molecule has 2 saturated heterocycles. The van der Waals surface area contributed by atoms with Crippen molar-refractivity contribution < 1.29 is 4.79 Å². The topological polar surface area (TPSA) is 38.8 Å². The third-order valence-electron chi connectivity index (χ3n) is 5.47. The molecule has 136 valence electrons. The van der Waals surface area contributed by atoms with Crippen LogP contribution in [0.3, 0.4) is 0 Å². The lowest BCUT2D eigenvalue weighted by Crippen LogP contribution is -2.56. The number of terminal acetylenes is 1. The maximum atomic E-state index is 12.7. The number of nitrogens with one attached hydrogen (secondary N) is 1. The van der Waals surface area contributed by atoms with E-state index in [4.69, 9.17) is 6.42 Å². The highest BCUT2D eigenvalue weighted by molar-refractivity contribution is 5.81. The predicted molar refractivity (Wildman–Crippen MR) is 98.8 cm³/mol. The Balaban J connectivity index is 1.88. The third-order valence-corrected chi connectivity index (χ3v) is 5.47. The van der Waals surface area contributed by atoms with Crippen LogP contribution in [0.4, 0.5) is 0 Å². The summed E-state index contributed by atoms with van der Waals surface area (Å²) >= 11 is 0. The molecule has 1 N–H and O–H groups in total. The van der Waals surface area contributed by atoms with Crippen molar-refractivity contribution >= 4 is 5.91 Å². The van der Waals surface area contributed by atoms with Crippen molar-refractivity contribution in [1.82, 2.24) is 20.0 Å². The van der Waals surface area contributed by atoms with Crippen LogP contribution in [0.2, 0.25) is 0 Å². The lowest BCUT2D eigenvalue weighted by Gasteiger charge is -2.40. The van der Waals surface area contributed by atoms with E-state index >= 15 is 0 Å². The molecule has 5 nitrogen and oxygen atoms in total. The van der Waals surface area contributed by atoms with Gasteiger partial charge in [0.05, 0.1) is 12.6 Å². The van der Waals surface area contributed by atoms with E-state index in [9.17, 15) is 4.79 Å². The maximum absolute atomic E-state index is 12.7. The fourth-order valence-corrected chi connectivity index (χ4v) is 3.86. The first-order valence-electron chi connectivity index (χ1n) is 9.40. The number of carbonyl (C=O) groups is 1. The van der Waals surface area contributed by atoms with E-state index in [0.29, 0.717) is 18.5 Å². The first kappa shape index (κ1) is 19.2. The molecule has 2 rings (SSSR count). The van der Waals surface area contributed by atoms with Crippen LogP contribution in [-0.4, -0.2) is 85.6 Å². The molecule has 0 saturated carbocycles. The molecule has 2 heterocycles. The fourth-order valence-electron chi connectivity index (χ4n) is 3.86. The number of hydrogen-bond donors (Lipinski definition) is 1. The monoisotopic (exact) mass is 334 g/mol. The van der Waals surface area contributed by atoms with Crippen molar-refractivity contribution in [3.8, 4) is 12.3 Å². The minimum absolute atomic E-state index is 0.0462. The van der Waals surface area contributed by atoms with E-state index in [1.807, 2.05) is 0 Å². The lowest BCUT2D eigenvalue weighted by molar-refractivity contribution is -0.127. The van der Waals surface area contributed by atoms with Gasteiger partial charge in [0.25, 0.3) is 0 Å². The second kappa shape index (κ2) is 9.41. The SMILES string of the molecule is C#CCN1CCCC[C@H]1C(=O)NC[C@@H](C(C)C)N1CCN(C)CC1. The minimum atomic E-state index is -0.0462. The summed E-state index contributed by atoms with van der Waals surface area (Å²) < 4.78 is 0. The van der Waals surface area contributed by atoms with Crippen LogP contribution in [0, 0.1) is 18.3 Å². The van der Waals surface area contributed by atoms with Crippen LogP contribution in [-0.2, 0) is 4.79 Å². The average Bonchev–Trinajstić information content (AvgIpc) is 2.57. The van der Waals surface area contributed by atoms with Gasteiger partial charge < -0.3 is 10.2 Å². The second-order valence-electron chi connectivity index (χ2n) is 7.58. The van der Waals surface area contributed by atoms with Gasteiger partial charge in [0.1, 0.15) is 0 Å². The van der Waals surface area contributed by atoms with Gasteiger partial charge in [-0.2, -0.15) is 0 Å². The zero-order valence-corrected chi connectivity index (χ0v) is 15.6. The Kier molecular flexibility index (Phi) is 7.54. The van der Waals surface area contributed by atoms with Crippen LogP contribution in [0.15, 0.2) is 0 Å². The standard InChI is InChI=1S/C19H34N4O/c1-5-9-22-10-7-6-8-17(22)19(24)20-15-18(16(2)3)23-13-11-21(4)12-14-23/h1,16-18H,6-15H2,2-4H3,(H,20,24)/t17-,18-/m0/s1. The summed E-state index contributed by atoms with van der Waals surface area (Å²) in [7, 11) is 2.17. The number of likely N-dealkylation sites (N-methyl/N-ethyl adjacent to an activating group) is 1. The van der Waals surface area contributed by atoms with E-state index in [2.05, 4.69) is 46.8 Å². The van der Waals surface area contributed by atoms with E-state index in [1.165, 1.54) is 0 Å². The van der Waals surface area contributed by atoms with Gasteiger partial charge in [-0.05, 0) is 32.4 Å². The van der Waals surface area contributed by atoms with Crippen LogP contribution in [0.5, 0.6) is 0 Å². The highest BCUT2D eigenvalue weighted by Gasteiger charge is 2.30. The van der Waals surface area contributed by atoms with Crippen molar-refractivity contribution in [3.63, 3.8) is 0 Å². The second-order valence-corrected chi connectivity index (χ2v) is 7.58. The molecule has 0 aromatic heterocycles. The first-order chi connectivity index (χ1) is 11.5. The van der Waals surface area contributed by atoms with E-state index < -0.39 is 0 Å². The fraction of sp³-hybridized carbons (Fsp3) is 0.842. The van der Waals surface area contributed by atoms with Crippen LogP contribution in [0.25, 0.3) is 0 Å². The first-order valence-corrected chi connectivity index (χ1v) is 9.40. The molecule has 1 amide bonds. The van der Waals surface area contributed by atoms with Crippen molar-refractivity contribution in [2.24, 2.45) is 5.92 Å². The van der Waals surface area contributed by atoms with Gasteiger partial charge in [-0.15, -0.1) is 6.42 Å². The smallest absolute Gasteiger partial charge is 0.237 e. The molecule has 2 fully saturated rings. The molecule has 24 heavy (non-hydrogen) atoms. The molecule has 2 atom stereocenters. The van der Waals surface area contributed by atoms with Crippen LogP contribution in [0.1, 0.15) is 33.1 Å². The molecular weight excluding hydrogens is 300 g/mol. The summed E-state index contributed by atoms with van der Waals surface area (Å²) in [5, 5.41) is 3.23. The number of nitrogens with zero attached hydrogens (tertiary/aromatic N) is 3. The third kappa shape index (κ3) is 5.20. The van der Waals surface area contributed by atoms with Crippen molar-refractivity contribution in [1.29, 1.82) is 0 Å². The Labute approximate surface area is 147 Å². The molecule has 0 unspecified atom stereocenters. The zero-order valence-electron chi connectivity index (χ0n) is 15.6. The van der Waals surface area contributed by atoms with Gasteiger partial charge in [0, 0.05) is 38.8 Å². The van der Waals surface area contributed by atoms with Gasteiger partial charge in [0.15, 0.2) is 0 Å². The minimum Gasteiger partial charge on any atom is -0.353 e. The molecule has 0 radical (unpaired) electrons. The molecule has 0 aromatic rings. The number of hydrogen-bond acceptors (Lipinski definition) is 4. The van der Waals surface area contributed by atoms with Crippen molar-refractivity contribution in [2.75, 3.05) is 52.9 Å². The quantitative estimate of drug-likeness (QED) is 0.732. The number of carbonyl (C=O) groups excluding carboxylic acids is 1. The largest absolute Gasteiger partial charge is 0.353 e. The zero-order chi connectivity index (χ0) is 17.5. The van der Waals surface area contributed by atoms with E-state index in [-0.39, 0.29) is 11.9 Å². The van der Waals surface area contributed by atoms with Gasteiger partial charge in [-0.1, -0.05) is 26.2 Å². The Morgan fingerprint density at radius 3 is 2.54 bits per heavy atom. The number of amides is 1. The number of likely N-dealkylation sites (tertiary alicyclic amines) is 1. The molecule has 5 heteroatoms. The van der Waals surface area contributed by atoms with E-state index in [0.717, 1.165) is 58.5 Å². The molecule has 2 aliphatic rings. The van der Waals surface area contributed by atoms with E-state index in [1.54, 1.807) is 0 Å². The number of piperazine rings is 1. The highest BCUT2D eigenvalue weighted by atomic mass is 16.2. The molecule has 0 aromatic carbocycles. The summed E-state index contributed by atoms with van der Waals surface area (Å²) in [5.41, 5.74) is 0. The molecule has 0 aliphatic carbocycles. The highest BCUT2D eigenvalue weighted by Crippen LogP contribution is 2.17. The molecule has 0 spiro atoms. The molecule has 2 aliphatic heterocycles. The Hall–Kier alpha value is -1.09. The summed E-state index contributed by atoms with van der Waals surface area (Å²) in [4.78, 5) is 19.7. The van der Waals surface area contributed by atoms with Crippen molar-refractivity contribution in [3.05, 3.63) is 0 Å². The number of rotatable bonds is 6. The van der Waals surface area contributed by atoms with Gasteiger partial charge >= 0.3 is 0 Å². The van der Waals surface area contributed by atoms with Gasteiger partial charge in [0.2, 0.25) is 5.91 Å². The lowest BCUT2D eigenvalue weighted by atomic mass is 9.99. The molecule has 0 bridgehead atoms. The Morgan fingerprint density at radius 1 is 1.21 bits per heavy atom. The summed E-state index contributed by atoms with van der Waals surface area (Å²) in [5.74, 6) is 3.38. The Bertz CT molecular complexity index is 437. The number of piperidine rings is 1. The van der Waals surface area contributed by atoms with Crippen LogP contribution < -0.4 is 5.32 Å². The van der Waals surface area contributed by atoms with Crippen molar-refractivity contribution in [2.45, 2.75) is 45.2 Å². The van der Waals surface area contributed by atoms with Gasteiger partial charge in [-0.25, -0.2) is 0 Å². The summed E-state index contributed by atoms with van der Waals surface area (Å²) in [6.45, 7) is 11.1. The van der Waals surface area contributed by atoms with Crippen LogP contribution >= 0.6 is 0 Å². The molecular formula is C19H34N4O. The average molecular weight is 335 g/mol. The summed E-state index contributed by atoms with van der Waals surface area (Å²) in [6, 6.07) is 0.363. The normalized spacial score (nSPS) is 25.4. The van der Waals surface area contributed by atoms with Gasteiger partial charge in [-0.3, -0.25) is 14.6 Å².